The minimum absolute atomic E-state index is 0.122. The fourth-order valence-corrected chi connectivity index (χ4v) is 2.50. The Morgan fingerprint density at radius 1 is 1.27 bits per heavy atom. The predicted molar refractivity (Wildman–Crippen MR) is 79.0 cm³/mol. The monoisotopic (exact) mass is 299 g/mol. The zero-order valence-corrected chi connectivity index (χ0v) is 12.0. The van der Waals surface area contributed by atoms with Gasteiger partial charge in [0.1, 0.15) is 6.10 Å². The molecule has 1 aromatic carbocycles. The molecule has 1 aromatic heterocycles. The van der Waals surface area contributed by atoms with Crippen molar-refractivity contribution in [3.63, 3.8) is 0 Å². The first-order valence-corrected chi connectivity index (χ1v) is 7.20. The van der Waals surface area contributed by atoms with E-state index in [4.69, 9.17) is 4.74 Å². The number of hydrogen-bond acceptors (Lipinski definition) is 5. The molecule has 1 N–H and O–H groups in total. The van der Waals surface area contributed by atoms with Crippen molar-refractivity contribution in [1.29, 1.82) is 0 Å². The second kappa shape index (κ2) is 6.53. The lowest BCUT2D eigenvalue weighted by Gasteiger charge is -2.20. The highest BCUT2D eigenvalue weighted by Crippen LogP contribution is 2.21. The van der Waals surface area contributed by atoms with E-state index in [1.54, 1.807) is 47.5 Å². The van der Waals surface area contributed by atoms with Crippen LogP contribution in [-0.4, -0.2) is 45.3 Å². The molecule has 0 aliphatic carbocycles. The number of benzene rings is 1. The van der Waals surface area contributed by atoms with Crippen LogP contribution in [0.25, 0.3) is 0 Å². The van der Waals surface area contributed by atoms with Crippen molar-refractivity contribution in [1.82, 2.24) is 15.1 Å². The molecule has 1 saturated heterocycles. The number of likely N-dealkylation sites (tertiary alicyclic amines) is 1. The van der Waals surface area contributed by atoms with Crippen LogP contribution in [0.15, 0.2) is 48.7 Å². The Kier molecular flexibility index (Phi) is 4.29. The summed E-state index contributed by atoms with van der Waals surface area (Å²) in [4.78, 5) is 14.0. The van der Waals surface area contributed by atoms with Crippen molar-refractivity contribution in [2.24, 2.45) is 0 Å². The maximum atomic E-state index is 12.3. The van der Waals surface area contributed by atoms with Crippen molar-refractivity contribution in [3.8, 4) is 5.88 Å². The van der Waals surface area contributed by atoms with Gasteiger partial charge in [-0.25, -0.2) is 0 Å². The average Bonchev–Trinajstić information content (AvgIpc) is 3.04. The Labute approximate surface area is 128 Å². The number of rotatable bonds is 4. The summed E-state index contributed by atoms with van der Waals surface area (Å²) >= 11 is 0. The maximum Gasteiger partial charge on any atom is 0.256 e. The van der Waals surface area contributed by atoms with E-state index in [9.17, 15) is 9.90 Å². The summed E-state index contributed by atoms with van der Waals surface area (Å²) in [5.74, 6) is 0.154. The van der Waals surface area contributed by atoms with E-state index in [1.165, 1.54) is 0 Å². The molecule has 114 valence electrons. The Morgan fingerprint density at radius 3 is 2.82 bits per heavy atom. The molecule has 1 fully saturated rings. The van der Waals surface area contributed by atoms with E-state index in [0.29, 0.717) is 31.0 Å². The second-order valence-electron chi connectivity index (χ2n) is 5.19. The van der Waals surface area contributed by atoms with Gasteiger partial charge >= 0.3 is 0 Å². The van der Waals surface area contributed by atoms with Gasteiger partial charge in [-0.3, -0.25) is 4.79 Å². The molecule has 3 rings (SSSR count). The number of aromatic nitrogens is 2. The second-order valence-corrected chi connectivity index (χ2v) is 5.19. The molecule has 0 saturated carbocycles. The summed E-state index contributed by atoms with van der Waals surface area (Å²) in [5, 5.41) is 17.8. The molecule has 2 unspecified atom stereocenters. The quantitative estimate of drug-likeness (QED) is 0.918. The molecule has 0 spiro atoms. The van der Waals surface area contributed by atoms with Gasteiger partial charge in [-0.05, 0) is 11.6 Å². The molecule has 0 bridgehead atoms. The number of amides is 1. The van der Waals surface area contributed by atoms with Crippen LogP contribution >= 0.6 is 0 Å². The van der Waals surface area contributed by atoms with Gasteiger partial charge in [-0.15, -0.1) is 5.10 Å². The molecule has 2 heterocycles. The van der Waals surface area contributed by atoms with Gasteiger partial charge in [0.2, 0.25) is 5.88 Å². The standard InChI is InChI=1S/C16H17N3O3/c20-15(12-5-2-1-3-6-12)16(21)19-10-8-13(11-19)22-14-7-4-9-17-18-14/h1-7,9,13,15,20H,8,10-11H2. The number of carbonyl (C=O) groups is 1. The normalized spacial score (nSPS) is 19.0. The van der Waals surface area contributed by atoms with Gasteiger partial charge < -0.3 is 14.7 Å². The van der Waals surface area contributed by atoms with E-state index < -0.39 is 6.10 Å². The van der Waals surface area contributed by atoms with Crippen molar-refractivity contribution < 1.29 is 14.6 Å². The fourth-order valence-electron chi connectivity index (χ4n) is 2.50. The minimum Gasteiger partial charge on any atom is -0.471 e. The van der Waals surface area contributed by atoms with Crippen molar-refractivity contribution >= 4 is 5.91 Å². The molecule has 1 amide bonds. The number of hydrogen-bond donors (Lipinski definition) is 1. The van der Waals surface area contributed by atoms with Gasteiger partial charge in [0.15, 0.2) is 6.10 Å². The van der Waals surface area contributed by atoms with Crippen molar-refractivity contribution in [3.05, 3.63) is 54.2 Å². The minimum atomic E-state index is -1.13. The van der Waals surface area contributed by atoms with Gasteiger partial charge in [-0.2, -0.15) is 5.10 Å². The van der Waals surface area contributed by atoms with Gasteiger partial charge in [0.05, 0.1) is 6.54 Å². The third kappa shape index (κ3) is 3.23. The van der Waals surface area contributed by atoms with Crippen LogP contribution in [0.3, 0.4) is 0 Å². The Balaban J connectivity index is 1.59. The molecule has 1 aliphatic heterocycles. The first-order chi connectivity index (χ1) is 10.7. The Hall–Kier alpha value is -2.47. The smallest absolute Gasteiger partial charge is 0.256 e. The van der Waals surface area contributed by atoms with Crippen LogP contribution in [0.5, 0.6) is 5.88 Å². The van der Waals surface area contributed by atoms with E-state index in [2.05, 4.69) is 10.2 Å². The van der Waals surface area contributed by atoms with Crippen LogP contribution in [0.2, 0.25) is 0 Å². The predicted octanol–water partition coefficient (Wildman–Crippen LogP) is 1.19. The summed E-state index contributed by atoms with van der Waals surface area (Å²) in [5.41, 5.74) is 0.603. The third-order valence-electron chi connectivity index (χ3n) is 3.64. The number of aliphatic hydroxyl groups excluding tert-OH is 1. The Morgan fingerprint density at radius 2 is 2.09 bits per heavy atom. The van der Waals surface area contributed by atoms with Gasteiger partial charge in [0, 0.05) is 25.2 Å². The number of ether oxygens (including phenoxy) is 1. The summed E-state index contributed by atoms with van der Waals surface area (Å²) in [6.45, 7) is 1.01. The summed E-state index contributed by atoms with van der Waals surface area (Å²) < 4.78 is 5.69. The van der Waals surface area contributed by atoms with E-state index in [1.807, 2.05) is 6.07 Å². The molecule has 22 heavy (non-hydrogen) atoms. The van der Waals surface area contributed by atoms with Gasteiger partial charge in [0.25, 0.3) is 5.91 Å². The largest absolute Gasteiger partial charge is 0.471 e. The lowest BCUT2D eigenvalue weighted by Crippen LogP contribution is -2.34. The fraction of sp³-hybridized carbons (Fsp3) is 0.312. The van der Waals surface area contributed by atoms with Crippen LogP contribution in [0.1, 0.15) is 18.1 Å². The molecule has 6 heteroatoms. The highest BCUT2D eigenvalue weighted by Gasteiger charge is 2.31. The number of aliphatic hydroxyl groups is 1. The summed E-state index contributed by atoms with van der Waals surface area (Å²) in [6, 6.07) is 12.4. The maximum absolute atomic E-state index is 12.3. The number of carbonyl (C=O) groups excluding carboxylic acids is 1. The topological polar surface area (TPSA) is 75.5 Å². The summed E-state index contributed by atoms with van der Waals surface area (Å²) in [6.07, 6.45) is 1.04. The molecule has 6 nitrogen and oxygen atoms in total. The molecule has 2 aromatic rings. The zero-order valence-electron chi connectivity index (χ0n) is 12.0. The van der Waals surface area contributed by atoms with Crippen molar-refractivity contribution in [2.45, 2.75) is 18.6 Å². The first kappa shape index (κ1) is 14.5. The van der Waals surface area contributed by atoms with Gasteiger partial charge in [-0.1, -0.05) is 30.3 Å². The molecular weight excluding hydrogens is 282 g/mol. The van der Waals surface area contributed by atoms with E-state index in [0.717, 1.165) is 0 Å². The highest BCUT2D eigenvalue weighted by atomic mass is 16.5. The molecule has 1 aliphatic rings. The first-order valence-electron chi connectivity index (χ1n) is 7.20. The average molecular weight is 299 g/mol. The third-order valence-corrected chi connectivity index (χ3v) is 3.64. The van der Waals surface area contributed by atoms with E-state index >= 15 is 0 Å². The SMILES string of the molecule is O=C(C(O)c1ccccc1)N1CCC(Oc2cccnn2)C1. The van der Waals surface area contributed by atoms with Crippen molar-refractivity contribution in [2.75, 3.05) is 13.1 Å². The lowest BCUT2D eigenvalue weighted by molar-refractivity contribution is -0.139. The summed E-state index contributed by atoms with van der Waals surface area (Å²) in [7, 11) is 0. The van der Waals surface area contributed by atoms with E-state index in [-0.39, 0.29) is 12.0 Å². The van der Waals surface area contributed by atoms with Crippen LogP contribution < -0.4 is 4.74 Å². The van der Waals surface area contributed by atoms with Crippen LogP contribution in [0.4, 0.5) is 0 Å². The van der Waals surface area contributed by atoms with Crippen LogP contribution in [0, 0.1) is 0 Å². The number of nitrogens with zero attached hydrogens (tertiary/aromatic N) is 3. The molecular formula is C16H17N3O3. The Bertz CT molecular complexity index is 621. The molecule has 2 atom stereocenters. The van der Waals surface area contributed by atoms with Crippen LogP contribution in [-0.2, 0) is 4.79 Å². The highest BCUT2D eigenvalue weighted by molar-refractivity contribution is 5.82. The zero-order chi connectivity index (χ0) is 15.4. The lowest BCUT2D eigenvalue weighted by atomic mass is 10.1. The molecule has 0 radical (unpaired) electrons.